The van der Waals surface area contributed by atoms with Crippen molar-refractivity contribution in [2.75, 3.05) is 25.1 Å². The van der Waals surface area contributed by atoms with Crippen LogP contribution in [0.5, 0.6) is 5.75 Å². The minimum atomic E-state index is -4.19. The summed E-state index contributed by atoms with van der Waals surface area (Å²) in [5.74, 6) is -0.349. The Bertz CT molecular complexity index is 956. The number of anilines is 1. The van der Waals surface area contributed by atoms with E-state index in [9.17, 15) is 23.3 Å². The number of ether oxygens (including phenoxy) is 2. The summed E-state index contributed by atoms with van der Waals surface area (Å²) in [5, 5.41) is 11.2. The standard InChI is InChI=1S/C17H18N2O7S/c1-12-15(5-4-6-16(12)19(21)22)18(11-17(20)26-3)27(23,24)14-9-7-13(25-2)8-10-14/h4-10H,11H2,1-3H3. The monoisotopic (exact) mass is 394 g/mol. The molecule has 2 aromatic rings. The van der Waals surface area contributed by atoms with Gasteiger partial charge in [-0.15, -0.1) is 0 Å². The summed E-state index contributed by atoms with van der Waals surface area (Å²) in [6.45, 7) is 0.786. The Morgan fingerprint density at radius 1 is 1.15 bits per heavy atom. The number of carbonyl (C=O) groups excluding carboxylic acids is 1. The molecule has 0 aliphatic carbocycles. The Kier molecular flexibility index (Phi) is 6.01. The van der Waals surface area contributed by atoms with Gasteiger partial charge in [-0.25, -0.2) is 8.42 Å². The zero-order valence-electron chi connectivity index (χ0n) is 14.9. The average Bonchev–Trinajstić information content (AvgIpc) is 2.66. The Hall–Kier alpha value is -3.14. The molecule has 0 amide bonds. The molecule has 27 heavy (non-hydrogen) atoms. The lowest BCUT2D eigenvalue weighted by Gasteiger charge is -2.24. The highest BCUT2D eigenvalue weighted by atomic mass is 32.2. The number of rotatable bonds is 7. The first kappa shape index (κ1) is 20.2. The van der Waals surface area contributed by atoms with Crippen molar-refractivity contribution in [1.29, 1.82) is 0 Å². The summed E-state index contributed by atoms with van der Waals surface area (Å²) in [4.78, 5) is 22.3. The van der Waals surface area contributed by atoms with Crippen LogP contribution in [0.3, 0.4) is 0 Å². The Labute approximate surface area is 156 Å². The summed E-state index contributed by atoms with van der Waals surface area (Å²) in [7, 11) is -1.63. The van der Waals surface area contributed by atoms with Gasteiger partial charge in [-0.05, 0) is 37.3 Å². The summed E-state index contributed by atoms with van der Waals surface area (Å²) in [6.07, 6.45) is 0. The Morgan fingerprint density at radius 3 is 2.30 bits per heavy atom. The second-order valence-electron chi connectivity index (χ2n) is 5.44. The normalized spacial score (nSPS) is 10.9. The highest BCUT2D eigenvalue weighted by Gasteiger charge is 2.30. The molecule has 0 atom stereocenters. The van der Waals surface area contributed by atoms with Crippen molar-refractivity contribution in [2.45, 2.75) is 11.8 Å². The van der Waals surface area contributed by atoms with E-state index in [2.05, 4.69) is 4.74 Å². The van der Waals surface area contributed by atoms with Crippen LogP contribution < -0.4 is 9.04 Å². The predicted molar refractivity (Wildman–Crippen MR) is 97.4 cm³/mol. The number of nitro groups is 1. The number of hydrogen-bond acceptors (Lipinski definition) is 7. The molecule has 0 saturated heterocycles. The maximum absolute atomic E-state index is 13.1. The molecular formula is C17H18N2O7S. The molecule has 0 fully saturated rings. The third kappa shape index (κ3) is 4.17. The van der Waals surface area contributed by atoms with Gasteiger partial charge < -0.3 is 9.47 Å². The number of esters is 1. The van der Waals surface area contributed by atoms with Crippen LogP contribution in [-0.2, 0) is 19.6 Å². The van der Waals surface area contributed by atoms with Crippen molar-refractivity contribution in [1.82, 2.24) is 0 Å². The second-order valence-corrected chi connectivity index (χ2v) is 7.30. The lowest BCUT2D eigenvalue weighted by Crippen LogP contribution is -2.36. The fourth-order valence-corrected chi connectivity index (χ4v) is 3.90. The summed E-state index contributed by atoms with van der Waals surface area (Å²) in [5.41, 5.74) is -0.124. The smallest absolute Gasteiger partial charge is 0.326 e. The molecule has 2 rings (SSSR count). The maximum Gasteiger partial charge on any atom is 0.326 e. The van der Waals surface area contributed by atoms with E-state index in [0.717, 1.165) is 11.4 Å². The van der Waals surface area contributed by atoms with E-state index in [1.165, 1.54) is 56.5 Å². The molecule has 0 heterocycles. The highest BCUT2D eigenvalue weighted by molar-refractivity contribution is 7.92. The molecule has 0 unspecified atom stereocenters. The number of nitro benzene ring substituents is 1. The van der Waals surface area contributed by atoms with Crippen molar-refractivity contribution in [3.63, 3.8) is 0 Å². The van der Waals surface area contributed by atoms with Gasteiger partial charge in [0.1, 0.15) is 12.3 Å². The molecule has 0 aliphatic rings. The number of sulfonamides is 1. The SMILES string of the molecule is COC(=O)CN(c1cccc([N+](=O)[O-])c1C)S(=O)(=O)c1ccc(OC)cc1. The minimum Gasteiger partial charge on any atom is -0.497 e. The lowest BCUT2D eigenvalue weighted by atomic mass is 10.1. The largest absolute Gasteiger partial charge is 0.497 e. The molecule has 0 saturated carbocycles. The molecule has 0 aliphatic heterocycles. The molecule has 144 valence electrons. The number of carbonyl (C=O) groups is 1. The Balaban J connectivity index is 2.62. The van der Waals surface area contributed by atoms with Crippen LogP contribution in [0.25, 0.3) is 0 Å². The molecule has 0 radical (unpaired) electrons. The third-order valence-corrected chi connectivity index (χ3v) is 5.66. The summed E-state index contributed by atoms with van der Waals surface area (Å²) in [6, 6.07) is 9.58. The van der Waals surface area contributed by atoms with E-state index in [-0.39, 0.29) is 21.8 Å². The highest BCUT2D eigenvalue weighted by Crippen LogP contribution is 2.32. The van der Waals surface area contributed by atoms with E-state index in [1.807, 2.05) is 0 Å². The van der Waals surface area contributed by atoms with Crippen LogP contribution in [0.15, 0.2) is 47.4 Å². The van der Waals surface area contributed by atoms with E-state index < -0.39 is 27.5 Å². The van der Waals surface area contributed by atoms with E-state index >= 15 is 0 Å². The topological polar surface area (TPSA) is 116 Å². The molecular weight excluding hydrogens is 376 g/mol. The molecule has 0 spiro atoms. The molecule has 2 aromatic carbocycles. The molecule has 10 heteroatoms. The van der Waals surface area contributed by atoms with E-state index in [4.69, 9.17) is 4.74 Å². The molecule has 0 bridgehead atoms. The van der Waals surface area contributed by atoms with Crippen molar-refractivity contribution in [3.8, 4) is 5.75 Å². The van der Waals surface area contributed by atoms with Gasteiger partial charge in [0.05, 0.1) is 35.3 Å². The quantitative estimate of drug-likeness (QED) is 0.402. The first-order valence-corrected chi connectivity index (χ1v) is 9.14. The van der Waals surface area contributed by atoms with Gasteiger partial charge >= 0.3 is 5.97 Å². The fourth-order valence-electron chi connectivity index (χ4n) is 2.44. The lowest BCUT2D eigenvalue weighted by molar-refractivity contribution is -0.385. The van der Waals surface area contributed by atoms with Crippen molar-refractivity contribution in [3.05, 3.63) is 58.1 Å². The van der Waals surface area contributed by atoms with E-state index in [0.29, 0.717) is 5.75 Å². The second kappa shape index (κ2) is 8.04. The van der Waals surface area contributed by atoms with Gasteiger partial charge in [0.15, 0.2) is 0 Å². The number of nitrogens with zero attached hydrogens (tertiary/aromatic N) is 2. The average molecular weight is 394 g/mol. The van der Waals surface area contributed by atoms with Crippen LogP contribution in [0.4, 0.5) is 11.4 Å². The summed E-state index contributed by atoms with van der Waals surface area (Å²) < 4.78 is 36.6. The zero-order valence-corrected chi connectivity index (χ0v) is 15.7. The van der Waals surface area contributed by atoms with Crippen molar-refractivity contribution < 1.29 is 27.6 Å². The van der Waals surface area contributed by atoms with Crippen LogP contribution >= 0.6 is 0 Å². The molecule has 9 nitrogen and oxygen atoms in total. The van der Waals surface area contributed by atoms with Crippen LogP contribution in [0.1, 0.15) is 5.56 Å². The van der Waals surface area contributed by atoms with Crippen LogP contribution in [0, 0.1) is 17.0 Å². The third-order valence-electron chi connectivity index (χ3n) is 3.89. The van der Waals surface area contributed by atoms with Gasteiger partial charge in [-0.1, -0.05) is 6.07 Å². The number of benzene rings is 2. The van der Waals surface area contributed by atoms with Crippen LogP contribution in [-0.4, -0.2) is 40.1 Å². The number of methoxy groups -OCH3 is 2. The van der Waals surface area contributed by atoms with E-state index in [1.54, 1.807) is 0 Å². The van der Waals surface area contributed by atoms with Gasteiger partial charge in [0.25, 0.3) is 15.7 Å². The summed E-state index contributed by atoms with van der Waals surface area (Å²) >= 11 is 0. The first-order valence-electron chi connectivity index (χ1n) is 7.70. The van der Waals surface area contributed by atoms with Crippen molar-refractivity contribution in [2.24, 2.45) is 0 Å². The molecule has 0 aromatic heterocycles. The minimum absolute atomic E-state index is 0.0189. The zero-order chi connectivity index (χ0) is 20.2. The maximum atomic E-state index is 13.1. The van der Waals surface area contributed by atoms with Crippen LogP contribution in [0.2, 0.25) is 0 Å². The van der Waals surface area contributed by atoms with Gasteiger partial charge in [-0.2, -0.15) is 0 Å². The number of hydrogen-bond donors (Lipinski definition) is 0. The van der Waals surface area contributed by atoms with Gasteiger partial charge in [-0.3, -0.25) is 19.2 Å². The predicted octanol–water partition coefficient (Wildman–Crippen LogP) is 2.28. The molecule has 0 N–H and O–H groups in total. The fraction of sp³-hybridized carbons (Fsp3) is 0.235. The Morgan fingerprint density at radius 2 is 1.78 bits per heavy atom. The first-order chi connectivity index (χ1) is 12.7. The van der Waals surface area contributed by atoms with Gasteiger partial charge in [0.2, 0.25) is 0 Å². The van der Waals surface area contributed by atoms with Gasteiger partial charge in [0, 0.05) is 6.07 Å². The van der Waals surface area contributed by atoms with Crippen molar-refractivity contribution >= 4 is 27.4 Å².